The molecule has 0 bridgehead atoms. The number of amides is 1. The van der Waals surface area contributed by atoms with Crippen LogP contribution in [0, 0.1) is 17.0 Å². The number of hydrogen-bond donors (Lipinski definition) is 0. The SMILES string of the molecule is Cc1ccc(C(=O)N(Cc2ccccc2)Cc2ccccc2)cc1[N+](=O)[O-]. The Morgan fingerprint density at radius 1 is 0.889 bits per heavy atom. The second kappa shape index (κ2) is 8.27. The molecule has 3 rings (SSSR count). The van der Waals surface area contributed by atoms with Crippen molar-refractivity contribution in [1.82, 2.24) is 4.90 Å². The van der Waals surface area contributed by atoms with Crippen molar-refractivity contribution in [1.29, 1.82) is 0 Å². The molecule has 27 heavy (non-hydrogen) atoms. The summed E-state index contributed by atoms with van der Waals surface area (Å²) in [7, 11) is 0. The second-order valence-electron chi connectivity index (χ2n) is 6.39. The lowest BCUT2D eigenvalue weighted by molar-refractivity contribution is -0.385. The molecule has 0 radical (unpaired) electrons. The van der Waals surface area contributed by atoms with Gasteiger partial charge in [0, 0.05) is 30.3 Å². The van der Waals surface area contributed by atoms with Gasteiger partial charge in [0.1, 0.15) is 0 Å². The molecule has 0 aliphatic heterocycles. The van der Waals surface area contributed by atoms with Crippen molar-refractivity contribution in [2.45, 2.75) is 20.0 Å². The normalized spacial score (nSPS) is 10.4. The van der Waals surface area contributed by atoms with Crippen LogP contribution in [0.2, 0.25) is 0 Å². The topological polar surface area (TPSA) is 63.5 Å². The number of nitro groups is 1. The van der Waals surface area contributed by atoms with E-state index in [2.05, 4.69) is 0 Å². The van der Waals surface area contributed by atoms with Crippen LogP contribution in [0.15, 0.2) is 78.9 Å². The van der Waals surface area contributed by atoms with E-state index in [1.54, 1.807) is 24.0 Å². The molecule has 136 valence electrons. The molecule has 0 N–H and O–H groups in total. The van der Waals surface area contributed by atoms with E-state index >= 15 is 0 Å². The summed E-state index contributed by atoms with van der Waals surface area (Å²) < 4.78 is 0. The van der Waals surface area contributed by atoms with Gasteiger partial charge in [0.05, 0.1) is 4.92 Å². The molecular weight excluding hydrogens is 340 g/mol. The summed E-state index contributed by atoms with van der Waals surface area (Å²) in [5.74, 6) is -0.231. The molecule has 0 saturated heterocycles. The maximum absolute atomic E-state index is 13.1. The number of nitro benzene ring substituents is 1. The molecule has 5 heteroatoms. The van der Waals surface area contributed by atoms with E-state index < -0.39 is 4.92 Å². The minimum absolute atomic E-state index is 0.0415. The largest absolute Gasteiger partial charge is 0.330 e. The minimum atomic E-state index is -0.454. The van der Waals surface area contributed by atoms with Crippen molar-refractivity contribution in [2.75, 3.05) is 0 Å². The number of carbonyl (C=O) groups is 1. The first kappa shape index (κ1) is 18.3. The standard InChI is InChI=1S/C22H20N2O3/c1-17-12-13-20(14-21(17)24(26)27)22(25)23(15-18-8-4-2-5-9-18)16-19-10-6-3-7-11-19/h2-14H,15-16H2,1H3. The highest BCUT2D eigenvalue weighted by Gasteiger charge is 2.20. The van der Waals surface area contributed by atoms with Crippen molar-refractivity contribution >= 4 is 11.6 Å². The van der Waals surface area contributed by atoms with Crippen LogP contribution in [0.4, 0.5) is 5.69 Å². The summed E-state index contributed by atoms with van der Waals surface area (Å²) in [5, 5.41) is 11.2. The highest BCUT2D eigenvalue weighted by atomic mass is 16.6. The van der Waals surface area contributed by atoms with Gasteiger partial charge in [-0.15, -0.1) is 0 Å². The lowest BCUT2D eigenvalue weighted by Crippen LogP contribution is -2.30. The van der Waals surface area contributed by atoms with Crippen molar-refractivity contribution in [3.63, 3.8) is 0 Å². The second-order valence-corrected chi connectivity index (χ2v) is 6.39. The average molecular weight is 360 g/mol. The Labute approximate surface area is 158 Å². The Bertz CT molecular complexity index is 899. The summed E-state index contributed by atoms with van der Waals surface area (Å²) >= 11 is 0. The lowest BCUT2D eigenvalue weighted by atomic mass is 10.1. The van der Waals surface area contributed by atoms with Gasteiger partial charge in [-0.2, -0.15) is 0 Å². The molecule has 1 amide bonds. The van der Waals surface area contributed by atoms with E-state index in [0.717, 1.165) is 11.1 Å². The highest BCUT2D eigenvalue weighted by Crippen LogP contribution is 2.22. The van der Waals surface area contributed by atoms with Crippen molar-refractivity contribution in [3.05, 3.63) is 111 Å². The smallest absolute Gasteiger partial charge is 0.273 e. The molecule has 0 unspecified atom stereocenters. The Hall–Kier alpha value is -3.47. The van der Waals surface area contributed by atoms with Gasteiger partial charge in [0.2, 0.25) is 0 Å². The number of rotatable bonds is 6. The van der Waals surface area contributed by atoms with Crippen LogP contribution in [0.1, 0.15) is 27.0 Å². The summed E-state index contributed by atoms with van der Waals surface area (Å²) in [6, 6.07) is 24.0. The van der Waals surface area contributed by atoms with E-state index in [1.165, 1.54) is 6.07 Å². The highest BCUT2D eigenvalue weighted by molar-refractivity contribution is 5.95. The Morgan fingerprint density at radius 3 is 1.89 bits per heavy atom. The van der Waals surface area contributed by atoms with E-state index in [4.69, 9.17) is 0 Å². The minimum Gasteiger partial charge on any atom is -0.330 e. The molecular formula is C22H20N2O3. The predicted molar refractivity (Wildman–Crippen MR) is 104 cm³/mol. The van der Waals surface area contributed by atoms with Gasteiger partial charge in [-0.05, 0) is 24.1 Å². The van der Waals surface area contributed by atoms with Crippen LogP contribution >= 0.6 is 0 Å². The Morgan fingerprint density at radius 2 is 1.41 bits per heavy atom. The molecule has 3 aromatic rings. The van der Waals surface area contributed by atoms with E-state index in [0.29, 0.717) is 24.2 Å². The molecule has 0 spiro atoms. The number of hydrogen-bond acceptors (Lipinski definition) is 3. The molecule has 5 nitrogen and oxygen atoms in total. The van der Waals surface area contributed by atoms with Gasteiger partial charge in [0.25, 0.3) is 11.6 Å². The fraction of sp³-hybridized carbons (Fsp3) is 0.136. The van der Waals surface area contributed by atoms with Crippen LogP contribution in [0.25, 0.3) is 0 Å². The zero-order valence-electron chi connectivity index (χ0n) is 15.0. The van der Waals surface area contributed by atoms with Crippen molar-refractivity contribution in [2.24, 2.45) is 0 Å². The average Bonchev–Trinajstić information content (AvgIpc) is 2.69. The third kappa shape index (κ3) is 4.58. The molecule has 0 atom stereocenters. The maximum atomic E-state index is 13.1. The predicted octanol–water partition coefficient (Wildman–Crippen LogP) is 4.75. The summed E-state index contributed by atoms with van der Waals surface area (Å²) in [6.07, 6.45) is 0. The zero-order chi connectivity index (χ0) is 19.2. The number of carbonyl (C=O) groups excluding carboxylic acids is 1. The van der Waals surface area contributed by atoms with Gasteiger partial charge in [-0.3, -0.25) is 14.9 Å². The van der Waals surface area contributed by atoms with Gasteiger partial charge in [-0.25, -0.2) is 0 Å². The fourth-order valence-corrected chi connectivity index (χ4v) is 2.93. The summed E-state index contributed by atoms with van der Waals surface area (Å²) in [5.41, 5.74) is 2.82. The molecule has 3 aromatic carbocycles. The van der Waals surface area contributed by atoms with Crippen LogP contribution in [0.3, 0.4) is 0 Å². The summed E-state index contributed by atoms with van der Waals surface area (Å²) in [6.45, 7) is 2.52. The van der Waals surface area contributed by atoms with Gasteiger partial charge < -0.3 is 4.90 Å². The monoisotopic (exact) mass is 360 g/mol. The van der Waals surface area contributed by atoms with Gasteiger partial charge in [-0.1, -0.05) is 66.7 Å². The first-order valence-electron chi connectivity index (χ1n) is 8.67. The fourth-order valence-electron chi connectivity index (χ4n) is 2.93. The van der Waals surface area contributed by atoms with E-state index in [1.807, 2.05) is 60.7 Å². The van der Waals surface area contributed by atoms with E-state index in [-0.39, 0.29) is 11.6 Å². The molecule has 0 aromatic heterocycles. The molecule has 0 aliphatic carbocycles. The number of aryl methyl sites for hydroxylation is 1. The summed E-state index contributed by atoms with van der Waals surface area (Å²) in [4.78, 5) is 25.6. The number of benzene rings is 3. The van der Waals surface area contributed by atoms with Crippen LogP contribution in [-0.2, 0) is 13.1 Å². The molecule has 0 saturated carbocycles. The van der Waals surface area contributed by atoms with Gasteiger partial charge in [0.15, 0.2) is 0 Å². The Balaban J connectivity index is 1.92. The van der Waals surface area contributed by atoms with Crippen molar-refractivity contribution < 1.29 is 9.72 Å². The molecule has 0 heterocycles. The lowest BCUT2D eigenvalue weighted by Gasteiger charge is -2.23. The van der Waals surface area contributed by atoms with Crippen molar-refractivity contribution in [3.8, 4) is 0 Å². The third-order valence-electron chi connectivity index (χ3n) is 4.37. The van der Waals surface area contributed by atoms with Crippen LogP contribution in [-0.4, -0.2) is 15.7 Å². The molecule has 0 aliphatic rings. The first-order valence-corrected chi connectivity index (χ1v) is 8.67. The van der Waals surface area contributed by atoms with Crippen LogP contribution < -0.4 is 0 Å². The zero-order valence-corrected chi connectivity index (χ0v) is 15.0. The van der Waals surface area contributed by atoms with E-state index in [9.17, 15) is 14.9 Å². The van der Waals surface area contributed by atoms with Gasteiger partial charge >= 0.3 is 0 Å². The number of nitrogens with zero attached hydrogens (tertiary/aromatic N) is 2. The first-order chi connectivity index (χ1) is 13.0. The third-order valence-corrected chi connectivity index (χ3v) is 4.37. The Kier molecular flexibility index (Phi) is 5.61. The molecule has 0 fully saturated rings. The maximum Gasteiger partial charge on any atom is 0.273 e. The quantitative estimate of drug-likeness (QED) is 0.471. The van der Waals surface area contributed by atoms with Crippen LogP contribution in [0.5, 0.6) is 0 Å².